The van der Waals surface area contributed by atoms with Crippen LogP contribution in [0.25, 0.3) is 0 Å². The Morgan fingerprint density at radius 2 is 2.07 bits per heavy atom. The molecular formula is C10H19N3O. The van der Waals surface area contributed by atoms with Crippen LogP contribution in [0.2, 0.25) is 0 Å². The Balaban J connectivity index is 3.93. The molecule has 80 valence electrons. The molecule has 0 aliphatic carbocycles. The molecule has 0 saturated carbocycles. The van der Waals surface area contributed by atoms with Crippen molar-refractivity contribution in [2.45, 2.75) is 39.3 Å². The molecule has 1 atom stereocenters. The highest BCUT2D eigenvalue weighted by atomic mass is 16.2. The molecule has 0 fully saturated rings. The van der Waals surface area contributed by atoms with E-state index in [-0.39, 0.29) is 11.9 Å². The Bertz CT molecular complexity index is 220. The van der Waals surface area contributed by atoms with Gasteiger partial charge in [-0.05, 0) is 6.92 Å². The molecule has 4 heteroatoms. The van der Waals surface area contributed by atoms with Crippen LogP contribution in [0.1, 0.15) is 27.2 Å². The first-order chi connectivity index (χ1) is 6.49. The molecule has 0 spiro atoms. The van der Waals surface area contributed by atoms with E-state index < -0.39 is 0 Å². The maximum atomic E-state index is 11.5. The van der Waals surface area contributed by atoms with Gasteiger partial charge in [0.05, 0.1) is 19.0 Å². The Hall–Kier alpha value is -1.08. The molecule has 14 heavy (non-hydrogen) atoms. The Morgan fingerprint density at radius 1 is 1.50 bits per heavy atom. The monoisotopic (exact) mass is 197 g/mol. The van der Waals surface area contributed by atoms with E-state index in [9.17, 15) is 4.79 Å². The highest BCUT2D eigenvalue weighted by Crippen LogP contribution is 1.99. The maximum Gasteiger partial charge on any atom is 0.236 e. The van der Waals surface area contributed by atoms with Crippen molar-refractivity contribution in [3.63, 3.8) is 0 Å². The van der Waals surface area contributed by atoms with Crippen molar-refractivity contribution in [2.75, 3.05) is 13.6 Å². The lowest BCUT2D eigenvalue weighted by Gasteiger charge is -2.23. The summed E-state index contributed by atoms with van der Waals surface area (Å²) >= 11 is 0. The average Bonchev–Trinajstić information content (AvgIpc) is 2.13. The summed E-state index contributed by atoms with van der Waals surface area (Å²) in [5.74, 6) is 0.0291. The van der Waals surface area contributed by atoms with Gasteiger partial charge in [0.1, 0.15) is 0 Å². The molecule has 1 unspecified atom stereocenters. The molecule has 0 saturated heterocycles. The number of hydrogen-bond donors (Lipinski definition) is 1. The summed E-state index contributed by atoms with van der Waals surface area (Å²) in [6.45, 7) is 6.19. The third-order valence-electron chi connectivity index (χ3n) is 2.10. The third-order valence-corrected chi connectivity index (χ3v) is 2.10. The van der Waals surface area contributed by atoms with Gasteiger partial charge in [0.25, 0.3) is 0 Å². The van der Waals surface area contributed by atoms with Gasteiger partial charge in [-0.3, -0.25) is 4.79 Å². The molecular weight excluding hydrogens is 178 g/mol. The maximum absolute atomic E-state index is 11.5. The second kappa shape index (κ2) is 6.39. The molecule has 0 aliphatic rings. The van der Waals surface area contributed by atoms with Gasteiger partial charge in [-0.25, -0.2) is 0 Å². The number of nitriles is 1. The largest absolute Gasteiger partial charge is 0.341 e. The number of nitrogens with zero attached hydrogens (tertiary/aromatic N) is 2. The van der Waals surface area contributed by atoms with Crippen LogP contribution in [0.5, 0.6) is 0 Å². The second-order valence-corrected chi connectivity index (χ2v) is 3.75. The average molecular weight is 197 g/mol. The van der Waals surface area contributed by atoms with E-state index in [1.165, 1.54) is 0 Å². The molecule has 1 N–H and O–H groups in total. The molecule has 1 amide bonds. The second-order valence-electron chi connectivity index (χ2n) is 3.75. The molecule has 0 aromatic heterocycles. The molecule has 0 aromatic carbocycles. The predicted octanol–water partition coefficient (Wildman–Crippen LogP) is 0.745. The lowest BCUT2D eigenvalue weighted by Crippen LogP contribution is -2.42. The topological polar surface area (TPSA) is 56.1 Å². The van der Waals surface area contributed by atoms with E-state index in [4.69, 9.17) is 5.26 Å². The normalized spacial score (nSPS) is 12.3. The van der Waals surface area contributed by atoms with E-state index in [1.807, 2.05) is 20.8 Å². The van der Waals surface area contributed by atoms with E-state index in [2.05, 4.69) is 11.4 Å². The summed E-state index contributed by atoms with van der Waals surface area (Å²) < 4.78 is 0. The number of carbonyl (C=O) groups is 1. The molecule has 0 heterocycles. The fourth-order valence-corrected chi connectivity index (χ4v) is 0.931. The summed E-state index contributed by atoms with van der Waals surface area (Å²) in [5, 5.41) is 11.5. The highest BCUT2D eigenvalue weighted by Gasteiger charge is 2.14. The lowest BCUT2D eigenvalue weighted by molar-refractivity contribution is -0.130. The minimum absolute atomic E-state index is 0.0125. The van der Waals surface area contributed by atoms with Crippen molar-refractivity contribution >= 4 is 5.91 Å². The van der Waals surface area contributed by atoms with Crippen molar-refractivity contribution < 1.29 is 4.79 Å². The lowest BCUT2D eigenvalue weighted by atomic mass is 10.2. The minimum Gasteiger partial charge on any atom is -0.341 e. The Morgan fingerprint density at radius 3 is 2.50 bits per heavy atom. The van der Waals surface area contributed by atoms with Crippen molar-refractivity contribution in [3.8, 4) is 6.07 Å². The van der Waals surface area contributed by atoms with Gasteiger partial charge in [-0.15, -0.1) is 0 Å². The molecule has 0 bridgehead atoms. The third kappa shape index (κ3) is 4.83. The zero-order valence-corrected chi connectivity index (χ0v) is 9.37. The summed E-state index contributed by atoms with van der Waals surface area (Å²) in [6, 6.07) is 2.35. The summed E-state index contributed by atoms with van der Waals surface area (Å²) in [6.07, 6.45) is 0.379. The van der Waals surface area contributed by atoms with Gasteiger partial charge < -0.3 is 10.2 Å². The quantitative estimate of drug-likeness (QED) is 0.707. The summed E-state index contributed by atoms with van der Waals surface area (Å²) in [4.78, 5) is 13.1. The highest BCUT2D eigenvalue weighted by molar-refractivity contribution is 5.78. The minimum atomic E-state index is -0.0125. The fraction of sp³-hybridized carbons (Fsp3) is 0.800. The summed E-state index contributed by atoms with van der Waals surface area (Å²) in [7, 11) is 1.73. The van der Waals surface area contributed by atoms with Crippen LogP contribution >= 0.6 is 0 Å². The van der Waals surface area contributed by atoms with E-state index in [0.717, 1.165) is 0 Å². The van der Waals surface area contributed by atoms with Crippen LogP contribution < -0.4 is 5.32 Å². The van der Waals surface area contributed by atoms with Crippen LogP contribution in [0.4, 0.5) is 0 Å². The smallest absolute Gasteiger partial charge is 0.236 e. The van der Waals surface area contributed by atoms with Gasteiger partial charge in [-0.2, -0.15) is 5.26 Å². The zero-order chi connectivity index (χ0) is 11.1. The van der Waals surface area contributed by atoms with Crippen LogP contribution in [0.3, 0.4) is 0 Å². The number of amides is 1. The number of likely N-dealkylation sites (N-methyl/N-ethyl adjacent to an activating group) is 1. The standard InChI is InChI=1S/C10H19N3O/c1-8(2)12-7-10(14)13(4)9(3)5-6-11/h8-9,12H,5,7H2,1-4H3. The van der Waals surface area contributed by atoms with Crippen molar-refractivity contribution in [1.82, 2.24) is 10.2 Å². The van der Waals surface area contributed by atoms with Crippen molar-refractivity contribution in [2.24, 2.45) is 0 Å². The van der Waals surface area contributed by atoms with E-state index in [0.29, 0.717) is 19.0 Å². The summed E-state index contributed by atoms with van der Waals surface area (Å²) in [5.41, 5.74) is 0. The van der Waals surface area contributed by atoms with Crippen LogP contribution in [0, 0.1) is 11.3 Å². The number of carbonyl (C=O) groups excluding carboxylic acids is 1. The first-order valence-corrected chi connectivity index (χ1v) is 4.85. The van der Waals surface area contributed by atoms with Gasteiger partial charge in [0, 0.05) is 19.1 Å². The number of nitrogens with one attached hydrogen (secondary N) is 1. The predicted molar refractivity (Wildman–Crippen MR) is 55.6 cm³/mol. The van der Waals surface area contributed by atoms with Gasteiger partial charge in [0.15, 0.2) is 0 Å². The zero-order valence-electron chi connectivity index (χ0n) is 9.37. The molecule has 4 nitrogen and oxygen atoms in total. The Kier molecular flexibility index (Phi) is 5.89. The first kappa shape index (κ1) is 12.9. The van der Waals surface area contributed by atoms with Gasteiger partial charge in [-0.1, -0.05) is 13.8 Å². The molecule has 0 rings (SSSR count). The fourth-order valence-electron chi connectivity index (χ4n) is 0.931. The van der Waals surface area contributed by atoms with Crippen molar-refractivity contribution in [1.29, 1.82) is 5.26 Å². The van der Waals surface area contributed by atoms with Crippen molar-refractivity contribution in [3.05, 3.63) is 0 Å². The van der Waals surface area contributed by atoms with Gasteiger partial charge >= 0.3 is 0 Å². The molecule has 0 aliphatic heterocycles. The van der Waals surface area contributed by atoms with E-state index >= 15 is 0 Å². The van der Waals surface area contributed by atoms with Crippen LogP contribution in [0.15, 0.2) is 0 Å². The van der Waals surface area contributed by atoms with Gasteiger partial charge in [0.2, 0.25) is 5.91 Å². The van der Waals surface area contributed by atoms with Crippen LogP contribution in [-0.4, -0.2) is 36.5 Å². The molecule has 0 radical (unpaired) electrons. The SMILES string of the molecule is CC(C)NCC(=O)N(C)C(C)CC#N. The van der Waals surface area contributed by atoms with Crippen LogP contribution in [-0.2, 0) is 4.79 Å². The van der Waals surface area contributed by atoms with E-state index in [1.54, 1.807) is 11.9 Å². The number of rotatable bonds is 5. The number of hydrogen-bond acceptors (Lipinski definition) is 3. The molecule has 0 aromatic rings. The first-order valence-electron chi connectivity index (χ1n) is 4.85. The Labute approximate surface area is 85.9 Å².